The number of unbranched alkanes of at least 4 members (excludes halogenated alkanes) is 1. The summed E-state index contributed by atoms with van der Waals surface area (Å²) in [5, 5.41) is 4.37. The first kappa shape index (κ1) is 16.6. The van der Waals surface area contributed by atoms with Gasteiger partial charge >= 0.3 is 0 Å². The van der Waals surface area contributed by atoms with Gasteiger partial charge in [0.2, 0.25) is 0 Å². The Morgan fingerprint density at radius 2 is 2.05 bits per heavy atom. The van der Waals surface area contributed by atoms with Gasteiger partial charge in [-0.3, -0.25) is 4.68 Å². The van der Waals surface area contributed by atoms with E-state index in [9.17, 15) is 0 Å². The zero-order valence-electron chi connectivity index (χ0n) is 14.5. The third kappa shape index (κ3) is 3.90. The standard InChI is InChI=1S/C19H28N2O/c1-6-7-10-22-19-9-8-14(2)11-15(3)17(19)12-18-16(4)13-20-21(18)5/h8-9,11,13,15H,6-7,10,12H2,1-5H3. The van der Waals surface area contributed by atoms with Crippen molar-refractivity contribution >= 4 is 0 Å². The van der Waals surface area contributed by atoms with Gasteiger partial charge in [0.15, 0.2) is 0 Å². The minimum absolute atomic E-state index is 0.376. The topological polar surface area (TPSA) is 27.1 Å². The lowest BCUT2D eigenvalue weighted by molar-refractivity contribution is 0.213. The molecule has 0 aromatic carbocycles. The molecule has 0 amide bonds. The predicted octanol–water partition coefficient (Wildman–Crippen LogP) is 4.49. The van der Waals surface area contributed by atoms with Gasteiger partial charge < -0.3 is 4.74 Å². The molecular weight excluding hydrogens is 272 g/mol. The minimum Gasteiger partial charge on any atom is -0.494 e. The molecule has 1 aromatic heterocycles. The molecule has 22 heavy (non-hydrogen) atoms. The Morgan fingerprint density at radius 3 is 2.68 bits per heavy atom. The van der Waals surface area contributed by atoms with Crippen molar-refractivity contribution in [2.75, 3.05) is 6.61 Å². The second-order valence-corrected chi connectivity index (χ2v) is 6.20. The van der Waals surface area contributed by atoms with Gasteiger partial charge in [-0.15, -0.1) is 0 Å². The molecule has 0 saturated heterocycles. The van der Waals surface area contributed by atoms with Gasteiger partial charge in [-0.1, -0.05) is 38.0 Å². The van der Waals surface area contributed by atoms with E-state index in [1.165, 1.54) is 22.4 Å². The Labute approximate surface area is 134 Å². The number of hydrogen-bond acceptors (Lipinski definition) is 2. The molecule has 3 nitrogen and oxygen atoms in total. The molecule has 0 saturated carbocycles. The van der Waals surface area contributed by atoms with Gasteiger partial charge in [-0.2, -0.15) is 5.10 Å². The van der Waals surface area contributed by atoms with Gasteiger partial charge in [0.25, 0.3) is 0 Å². The van der Waals surface area contributed by atoms with Crippen LogP contribution < -0.4 is 0 Å². The molecule has 3 heteroatoms. The summed E-state index contributed by atoms with van der Waals surface area (Å²) in [5.41, 5.74) is 5.14. The van der Waals surface area contributed by atoms with Gasteiger partial charge in [0, 0.05) is 19.2 Å². The summed E-state index contributed by atoms with van der Waals surface area (Å²) in [6.07, 6.45) is 11.7. The van der Waals surface area contributed by atoms with E-state index in [-0.39, 0.29) is 0 Å². The smallest absolute Gasteiger partial charge is 0.119 e. The third-order valence-electron chi connectivity index (χ3n) is 4.26. The Balaban J connectivity index is 2.32. The SMILES string of the molecule is CCCCOC1=C(Cc2c(C)cnn2C)C(C)C=C(C)C=C1. The van der Waals surface area contributed by atoms with E-state index in [0.29, 0.717) is 5.92 Å². The molecule has 1 heterocycles. The van der Waals surface area contributed by atoms with Gasteiger partial charge in [-0.05, 0) is 43.4 Å². The predicted molar refractivity (Wildman–Crippen MR) is 91.6 cm³/mol. The van der Waals surface area contributed by atoms with Crippen molar-refractivity contribution in [2.24, 2.45) is 13.0 Å². The molecule has 0 bridgehead atoms. The lowest BCUT2D eigenvalue weighted by atomic mass is 9.94. The van der Waals surface area contributed by atoms with Gasteiger partial charge in [0.1, 0.15) is 5.76 Å². The number of aromatic nitrogens is 2. The zero-order chi connectivity index (χ0) is 16.1. The van der Waals surface area contributed by atoms with Crippen molar-refractivity contribution in [3.63, 3.8) is 0 Å². The van der Waals surface area contributed by atoms with Crippen LogP contribution in [-0.4, -0.2) is 16.4 Å². The van der Waals surface area contributed by atoms with Crippen LogP contribution in [0.25, 0.3) is 0 Å². The van der Waals surface area contributed by atoms with Gasteiger partial charge in [0.05, 0.1) is 12.8 Å². The Kier molecular flexibility index (Phi) is 5.64. The highest BCUT2D eigenvalue weighted by Gasteiger charge is 2.18. The lowest BCUT2D eigenvalue weighted by Gasteiger charge is -2.18. The summed E-state index contributed by atoms with van der Waals surface area (Å²) < 4.78 is 8.07. The monoisotopic (exact) mass is 300 g/mol. The summed E-state index contributed by atoms with van der Waals surface area (Å²) in [6, 6.07) is 0. The van der Waals surface area contributed by atoms with Crippen molar-refractivity contribution in [2.45, 2.75) is 47.0 Å². The number of ether oxygens (including phenoxy) is 1. The molecule has 0 N–H and O–H groups in total. The summed E-state index contributed by atoms with van der Waals surface area (Å²) in [4.78, 5) is 0. The van der Waals surface area contributed by atoms with E-state index >= 15 is 0 Å². The molecule has 120 valence electrons. The van der Waals surface area contributed by atoms with Crippen molar-refractivity contribution in [1.29, 1.82) is 0 Å². The molecule has 2 rings (SSSR count). The molecular formula is C19H28N2O. The molecule has 0 radical (unpaired) electrons. The number of rotatable bonds is 6. The maximum absolute atomic E-state index is 6.09. The molecule has 1 aliphatic rings. The van der Waals surface area contributed by atoms with Crippen LogP contribution in [0.5, 0.6) is 0 Å². The number of aryl methyl sites for hydroxylation is 2. The Hall–Kier alpha value is -1.77. The highest BCUT2D eigenvalue weighted by Crippen LogP contribution is 2.28. The van der Waals surface area contributed by atoms with E-state index in [0.717, 1.165) is 31.6 Å². The molecule has 0 spiro atoms. The second-order valence-electron chi connectivity index (χ2n) is 6.20. The van der Waals surface area contributed by atoms with E-state index in [4.69, 9.17) is 4.74 Å². The second kappa shape index (κ2) is 7.48. The van der Waals surface area contributed by atoms with Crippen molar-refractivity contribution in [3.05, 3.63) is 52.6 Å². The maximum atomic E-state index is 6.09. The highest BCUT2D eigenvalue weighted by atomic mass is 16.5. The summed E-state index contributed by atoms with van der Waals surface area (Å²) in [6.45, 7) is 9.50. The van der Waals surface area contributed by atoms with Crippen molar-refractivity contribution in [1.82, 2.24) is 9.78 Å². The molecule has 0 aliphatic heterocycles. The average Bonchev–Trinajstić information content (AvgIpc) is 2.72. The first-order chi connectivity index (χ1) is 10.5. The number of allylic oxidation sites excluding steroid dienone is 5. The van der Waals surface area contributed by atoms with E-state index < -0.39 is 0 Å². The van der Waals surface area contributed by atoms with Crippen molar-refractivity contribution < 1.29 is 4.74 Å². The van der Waals surface area contributed by atoms with E-state index in [1.54, 1.807) is 0 Å². The summed E-state index contributed by atoms with van der Waals surface area (Å²) in [7, 11) is 2.01. The van der Waals surface area contributed by atoms with Crippen LogP contribution in [0.2, 0.25) is 0 Å². The molecule has 1 aromatic rings. The Bertz CT molecular complexity index is 585. The van der Waals surface area contributed by atoms with Gasteiger partial charge in [-0.25, -0.2) is 0 Å². The highest BCUT2D eigenvalue weighted by molar-refractivity contribution is 5.37. The van der Waals surface area contributed by atoms with Crippen LogP contribution in [0.4, 0.5) is 0 Å². The summed E-state index contributed by atoms with van der Waals surface area (Å²) in [5.74, 6) is 1.41. The fourth-order valence-electron chi connectivity index (χ4n) is 2.81. The normalized spacial score (nSPS) is 18.4. The fraction of sp³-hybridized carbons (Fsp3) is 0.526. The van der Waals surface area contributed by atoms with E-state index in [2.05, 4.69) is 51.0 Å². The first-order valence-electron chi connectivity index (χ1n) is 8.22. The van der Waals surface area contributed by atoms with E-state index in [1.807, 2.05) is 17.9 Å². The zero-order valence-corrected chi connectivity index (χ0v) is 14.5. The van der Waals surface area contributed by atoms with Crippen LogP contribution in [0.1, 0.15) is 44.9 Å². The molecule has 1 unspecified atom stereocenters. The third-order valence-corrected chi connectivity index (χ3v) is 4.26. The Morgan fingerprint density at radius 1 is 1.27 bits per heavy atom. The van der Waals surface area contributed by atoms with Crippen LogP contribution in [-0.2, 0) is 18.2 Å². The minimum atomic E-state index is 0.376. The van der Waals surface area contributed by atoms with Crippen LogP contribution in [0, 0.1) is 12.8 Å². The van der Waals surface area contributed by atoms with Crippen LogP contribution in [0.3, 0.4) is 0 Å². The fourth-order valence-corrected chi connectivity index (χ4v) is 2.81. The first-order valence-corrected chi connectivity index (χ1v) is 8.22. The van der Waals surface area contributed by atoms with Crippen LogP contribution >= 0.6 is 0 Å². The number of hydrogen-bond donors (Lipinski definition) is 0. The molecule has 1 aliphatic carbocycles. The van der Waals surface area contributed by atoms with Crippen molar-refractivity contribution in [3.8, 4) is 0 Å². The van der Waals surface area contributed by atoms with Crippen LogP contribution in [0.15, 0.2) is 41.3 Å². The average molecular weight is 300 g/mol. The lowest BCUT2D eigenvalue weighted by Crippen LogP contribution is -2.09. The maximum Gasteiger partial charge on any atom is 0.119 e. The largest absolute Gasteiger partial charge is 0.494 e. The number of nitrogens with zero attached hydrogens (tertiary/aromatic N) is 2. The summed E-state index contributed by atoms with van der Waals surface area (Å²) >= 11 is 0. The quantitative estimate of drug-likeness (QED) is 0.724. The molecule has 1 atom stereocenters. The molecule has 0 fully saturated rings.